The van der Waals surface area contributed by atoms with E-state index in [2.05, 4.69) is 10.2 Å². The summed E-state index contributed by atoms with van der Waals surface area (Å²) in [6, 6.07) is 10.1. The van der Waals surface area contributed by atoms with Crippen LogP contribution in [0.1, 0.15) is 38.2 Å². The van der Waals surface area contributed by atoms with Crippen LogP contribution in [0.25, 0.3) is 0 Å². The molecule has 0 bridgehead atoms. The van der Waals surface area contributed by atoms with E-state index >= 15 is 0 Å². The van der Waals surface area contributed by atoms with E-state index in [1.165, 1.54) is 12.1 Å². The number of nitrogens with two attached hydrogens (primary N) is 6. The Hall–Kier alpha value is -4.47. The zero-order valence-electron chi connectivity index (χ0n) is 26.6. The molecule has 19 nitrogen and oxygen atoms in total. The van der Waals surface area contributed by atoms with Crippen molar-refractivity contribution in [3.63, 3.8) is 0 Å². The number of hydrazone groups is 1. The van der Waals surface area contributed by atoms with Crippen LogP contribution in [0.3, 0.4) is 0 Å². The van der Waals surface area contributed by atoms with Gasteiger partial charge in [0, 0.05) is 16.1 Å². The van der Waals surface area contributed by atoms with E-state index < -0.39 is 58.6 Å². The molecule has 0 saturated heterocycles. The van der Waals surface area contributed by atoms with Gasteiger partial charge in [-0.3, -0.25) is 5.41 Å². The van der Waals surface area contributed by atoms with Crippen molar-refractivity contribution in [1.29, 1.82) is 10.8 Å². The Kier molecular flexibility index (Phi) is 16.4. The number of rotatable bonds is 15. The number of nitrogens with zero attached hydrogens (tertiary/aromatic N) is 4. The van der Waals surface area contributed by atoms with E-state index in [1.807, 2.05) is 6.92 Å². The maximum absolute atomic E-state index is 12.2. The minimum Gasteiger partial charge on any atom is -0.547 e. The van der Waals surface area contributed by atoms with E-state index in [0.29, 0.717) is 23.6 Å². The van der Waals surface area contributed by atoms with Crippen molar-refractivity contribution in [2.45, 2.75) is 56.5 Å². The van der Waals surface area contributed by atoms with Gasteiger partial charge in [-0.05, 0) is 54.3 Å². The molecule has 0 aliphatic carbocycles. The number of halogens is 2. The molecule has 0 spiro atoms. The van der Waals surface area contributed by atoms with Crippen LogP contribution in [0, 0.1) is 10.8 Å². The maximum Gasteiger partial charge on any atom is 0.324 e. The fourth-order valence-electron chi connectivity index (χ4n) is 4.53. The number of hydrogen-bond acceptors (Lipinski definition) is 11. The first-order chi connectivity index (χ1) is 22.8. The summed E-state index contributed by atoms with van der Waals surface area (Å²) in [5.74, 6) is -3.91. The van der Waals surface area contributed by atoms with Crippen LogP contribution in [-0.2, 0) is 10.4 Å². The first-order valence-electron chi connectivity index (χ1n) is 14.5. The number of aliphatic hydroxyl groups is 5. The molecule has 0 radical (unpaired) electrons. The Morgan fingerprint density at radius 2 is 1.53 bits per heavy atom. The van der Waals surface area contributed by atoms with Crippen molar-refractivity contribution < 1.29 is 35.4 Å². The lowest BCUT2D eigenvalue weighted by Gasteiger charge is -2.40. The molecule has 2 aromatic rings. The third-order valence-electron chi connectivity index (χ3n) is 6.95. The zero-order chi connectivity index (χ0) is 37.7. The SMILES string of the molecule is CCCCCC[N+](N=C(N)N)(C(=N)N)c1ccc(Cl)cc1[C@@](O)(C(=O)[O-])[C@@H](O)[C@H](O)[C@H](O)CO.N=C(N)N(N=C(N)N)c1ccc(Cl)cc1. The molecule has 0 heterocycles. The molecule has 2 rings (SSSR count). The Morgan fingerprint density at radius 1 is 0.959 bits per heavy atom. The van der Waals surface area contributed by atoms with Crippen LogP contribution in [0.5, 0.6) is 0 Å². The van der Waals surface area contributed by atoms with Crippen molar-refractivity contribution in [1.82, 2.24) is 4.59 Å². The Balaban J connectivity index is 0.000000663. The van der Waals surface area contributed by atoms with Gasteiger partial charge >= 0.3 is 5.96 Å². The number of anilines is 1. The molecular formula is C28H44Cl2N12O7. The summed E-state index contributed by atoms with van der Waals surface area (Å²) in [5, 5.41) is 87.8. The van der Waals surface area contributed by atoms with Gasteiger partial charge < -0.3 is 69.8 Å². The monoisotopic (exact) mass is 730 g/mol. The molecule has 2 aromatic carbocycles. The van der Waals surface area contributed by atoms with Crippen LogP contribution < -0.4 is 49.1 Å². The van der Waals surface area contributed by atoms with E-state index in [1.54, 1.807) is 24.3 Å². The molecule has 19 N–H and O–H groups in total. The fraction of sp³-hybridized carbons (Fsp3) is 0.393. The number of guanidine groups is 4. The number of benzene rings is 2. The standard InChI is InChI=1S/C20H33ClN6O7.C8H11ClN6/c1-2-3-4-5-8-27(19(24)25,26-18(22)23)13-7-6-11(21)9-12(13)20(34,17(32)33)16(31)15(30)14(29)10-28;9-5-1-3-6(4-2-5)15(8(12)13)14-7(10)11/h6-7,9,14-16,28-31,34H,2-5,8,10H2,1H3,(H7-,22,23,24,25,26,32,33);1-4H,(H3,12,13)(H4,10,11,14)/t14-,15-,16+,20+,27?;/m1./s1. The number of unbranched alkanes of at least 4 members (excludes halogenated alkanes) is 3. The van der Waals surface area contributed by atoms with E-state index in [-0.39, 0.29) is 29.2 Å². The lowest BCUT2D eigenvalue weighted by Crippen LogP contribution is -2.62. The van der Waals surface area contributed by atoms with Crippen molar-refractivity contribution in [2.24, 2.45) is 44.6 Å². The topological polar surface area (TPSA) is 373 Å². The van der Waals surface area contributed by atoms with Gasteiger partial charge in [0.25, 0.3) is 0 Å². The number of hydrogen-bond donors (Lipinski definition) is 13. The summed E-state index contributed by atoms with van der Waals surface area (Å²) in [6.45, 7) is 0.888. The van der Waals surface area contributed by atoms with Gasteiger partial charge in [-0.25, -0.2) is 5.41 Å². The van der Waals surface area contributed by atoms with Gasteiger partial charge in [0.1, 0.15) is 24.9 Å². The van der Waals surface area contributed by atoms with Gasteiger partial charge in [0.05, 0.1) is 23.8 Å². The highest BCUT2D eigenvalue weighted by molar-refractivity contribution is 6.31. The number of aliphatic hydroxyl groups excluding tert-OH is 4. The Morgan fingerprint density at radius 3 is 1.98 bits per heavy atom. The van der Waals surface area contributed by atoms with Crippen molar-refractivity contribution in [2.75, 3.05) is 18.2 Å². The highest BCUT2D eigenvalue weighted by atomic mass is 35.5. The molecule has 0 saturated carbocycles. The second-order valence-electron chi connectivity index (χ2n) is 10.6. The van der Waals surface area contributed by atoms with Gasteiger partial charge in [-0.2, -0.15) is 5.01 Å². The Bertz CT molecular complexity index is 1490. The number of carbonyl (C=O) groups is 1. The van der Waals surface area contributed by atoms with Crippen molar-refractivity contribution in [3.05, 3.63) is 58.1 Å². The normalized spacial score (nSPS) is 15.1. The van der Waals surface area contributed by atoms with Gasteiger partial charge in [-0.1, -0.05) is 47.6 Å². The maximum atomic E-state index is 12.2. The van der Waals surface area contributed by atoms with Crippen molar-refractivity contribution in [3.8, 4) is 0 Å². The first-order valence-corrected chi connectivity index (χ1v) is 15.3. The summed E-state index contributed by atoms with van der Waals surface area (Å²) < 4.78 is -0.987. The molecule has 272 valence electrons. The predicted octanol–water partition coefficient (Wildman–Crippen LogP) is -2.45. The number of carboxylic acids is 1. The summed E-state index contributed by atoms with van der Waals surface area (Å²) in [6.07, 6.45) is -4.14. The van der Waals surface area contributed by atoms with Gasteiger partial charge in [0.15, 0.2) is 11.3 Å². The van der Waals surface area contributed by atoms with Crippen LogP contribution in [-0.4, -0.2) is 86.8 Å². The van der Waals surface area contributed by atoms with Crippen LogP contribution in [0.2, 0.25) is 10.0 Å². The third-order valence-corrected chi connectivity index (χ3v) is 7.43. The molecule has 49 heavy (non-hydrogen) atoms. The summed E-state index contributed by atoms with van der Waals surface area (Å²) in [4.78, 5) is 12.2. The molecular weight excluding hydrogens is 687 g/mol. The number of nitrogens with one attached hydrogen (secondary N) is 2. The van der Waals surface area contributed by atoms with E-state index in [4.69, 9.17) is 73.5 Å². The van der Waals surface area contributed by atoms with Crippen molar-refractivity contribution >= 4 is 64.4 Å². The number of carboxylic acid groups (broad SMARTS) is 1. The second-order valence-corrected chi connectivity index (χ2v) is 11.4. The van der Waals surface area contributed by atoms with Crippen LogP contribution in [0.4, 0.5) is 11.4 Å². The predicted molar refractivity (Wildman–Crippen MR) is 186 cm³/mol. The summed E-state index contributed by atoms with van der Waals surface area (Å²) >= 11 is 11.8. The van der Waals surface area contributed by atoms with E-state index in [9.17, 15) is 30.3 Å². The van der Waals surface area contributed by atoms with Gasteiger partial charge in [-0.15, -0.1) is 5.10 Å². The number of quaternary nitrogens is 1. The lowest BCUT2D eigenvalue weighted by molar-refractivity contribution is -0.335. The molecule has 0 amide bonds. The zero-order valence-corrected chi connectivity index (χ0v) is 28.1. The molecule has 1 unspecified atom stereocenters. The van der Waals surface area contributed by atoms with Crippen LogP contribution >= 0.6 is 23.2 Å². The van der Waals surface area contributed by atoms with Gasteiger partial charge in [0.2, 0.25) is 17.9 Å². The highest BCUT2D eigenvalue weighted by Gasteiger charge is 2.51. The second kappa shape index (κ2) is 18.9. The molecule has 0 aromatic heterocycles. The average Bonchev–Trinajstić information content (AvgIpc) is 3.03. The quantitative estimate of drug-likeness (QED) is 0.0297. The Labute approximate surface area is 292 Å². The third kappa shape index (κ3) is 11.0. The van der Waals surface area contributed by atoms with E-state index in [0.717, 1.165) is 23.9 Å². The molecule has 0 aliphatic heterocycles. The molecule has 5 atom stereocenters. The highest BCUT2D eigenvalue weighted by Crippen LogP contribution is 2.40. The largest absolute Gasteiger partial charge is 0.547 e. The average molecular weight is 732 g/mol. The minimum absolute atomic E-state index is 0.0388. The fourth-order valence-corrected chi connectivity index (χ4v) is 4.83. The number of carbonyl (C=O) groups excluding carboxylic acids is 1. The van der Waals surface area contributed by atoms with Crippen LogP contribution in [0.15, 0.2) is 52.7 Å². The number of aliphatic carboxylic acids is 1. The lowest BCUT2D eigenvalue weighted by atomic mass is 9.82. The molecule has 0 fully saturated rings. The molecule has 0 aliphatic rings. The molecule has 21 heteroatoms. The minimum atomic E-state index is -3.41. The summed E-state index contributed by atoms with van der Waals surface area (Å²) in [7, 11) is 0. The first kappa shape index (κ1) is 42.6. The summed E-state index contributed by atoms with van der Waals surface area (Å²) in [5.41, 5.74) is 29.0. The smallest absolute Gasteiger partial charge is 0.324 e.